The van der Waals surface area contributed by atoms with Crippen molar-refractivity contribution in [2.45, 2.75) is 32.6 Å². The highest BCUT2D eigenvalue weighted by atomic mass is 35.5. The number of hydrogen-bond acceptors (Lipinski definition) is 3. The molecule has 1 heterocycles. The van der Waals surface area contributed by atoms with Crippen LogP contribution in [0, 0.1) is 5.92 Å². The van der Waals surface area contributed by atoms with E-state index in [0.29, 0.717) is 34.8 Å². The van der Waals surface area contributed by atoms with Crippen molar-refractivity contribution in [1.29, 1.82) is 0 Å². The summed E-state index contributed by atoms with van der Waals surface area (Å²) < 4.78 is 0. The molecule has 6 heteroatoms. The Morgan fingerprint density at radius 2 is 1.79 bits per heavy atom. The van der Waals surface area contributed by atoms with Gasteiger partial charge in [-0.2, -0.15) is 5.10 Å². The number of carbonyl (C=O) groups excluding carboxylic acids is 1. The summed E-state index contributed by atoms with van der Waals surface area (Å²) in [6.45, 7) is 4.93. The smallest absolute Gasteiger partial charge is 0.272 e. The number of nitrogens with one attached hydrogen (secondary N) is 2. The van der Waals surface area contributed by atoms with E-state index in [1.54, 1.807) is 12.1 Å². The average molecular weight is 398 g/mol. The molecule has 1 aromatic heterocycles. The van der Waals surface area contributed by atoms with Crippen LogP contribution in [0.25, 0.3) is 10.8 Å². The molecular formula is C22H24ClN3O2. The molecule has 1 atom stereocenters. The van der Waals surface area contributed by atoms with Crippen LogP contribution in [0.5, 0.6) is 0 Å². The van der Waals surface area contributed by atoms with E-state index in [9.17, 15) is 9.59 Å². The molecule has 146 valence electrons. The van der Waals surface area contributed by atoms with Crippen LogP contribution in [-0.4, -0.2) is 22.6 Å². The maximum atomic E-state index is 12.4. The number of hydrogen-bond donors (Lipinski definition) is 2. The predicted octanol–water partition coefficient (Wildman–Crippen LogP) is 4.07. The molecule has 1 amide bonds. The van der Waals surface area contributed by atoms with E-state index < -0.39 is 0 Å². The zero-order valence-electron chi connectivity index (χ0n) is 16.0. The number of nitrogens with zero attached hydrogens (tertiary/aromatic N) is 1. The van der Waals surface area contributed by atoms with Crippen LogP contribution < -0.4 is 10.9 Å². The number of benzene rings is 2. The number of halogens is 1. The normalized spacial score (nSPS) is 12.3. The van der Waals surface area contributed by atoms with Crippen LogP contribution >= 0.6 is 11.6 Å². The van der Waals surface area contributed by atoms with Crippen LogP contribution in [0.15, 0.2) is 53.3 Å². The zero-order valence-corrected chi connectivity index (χ0v) is 16.8. The summed E-state index contributed by atoms with van der Waals surface area (Å²) >= 11 is 5.99. The van der Waals surface area contributed by atoms with Gasteiger partial charge < -0.3 is 5.32 Å². The molecule has 3 rings (SSSR count). The molecule has 0 unspecified atom stereocenters. The van der Waals surface area contributed by atoms with Crippen molar-refractivity contribution in [1.82, 2.24) is 15.5 Å². The summed E-state index contributed by atoms with van der Waals surface area (Å²) in [7, 11) is 0. The fourth-order valence-corrected chi connectivity index (χ4v) is 3.61. The van der Waals surface area contributed by atoms with E-state index in [1.807, 2.05) is 36.4 Å². The molecule has 0 aliphatic rings. The van der Waals surface area contributed by atoms with Crippen molar-refractivity contribution >= 4 is 28.3 Å². The van der Waals surface area contributed by atoms with Gasteiger partial charge in [0.2, 0.25) is 5.91 Å². The van der Waals surface area contributed by atoms with Crippen LogP contribution in [0.3, 0.4) is 0 Å². The molecule has 2 aromatic carbocycles. The predicted molar refractivity (Wildman–Crippen MR) is 113 cm³/mol. The van der Waals surface area contributed by atoms with Gasteiger partial charge in [0.25, 0.3) is 5.56 Å². The number of aromatic nitrogens is 2. The third kappa shape index (κ3) is 4.78. The van der Waals surface area contributed by atoms with Gasteiger partial charge in [-0.3, -0.25) is 9.59 Å². The quantitative estimate of drug-likeness (QED) is 0.631. The molecule has 0 saturated carbocycles. The van der Waals surface area contributed by atoms with Gasteiger partial charge >= 0.3 is 0 Å². The van der Waals surface area contributed by atoms with Crippen LogP contribution in [-0.2, 0) is 11.2 Å². The largest absolute Gasteiger partial charge is 0.356 e. The number of H-pyrrole nitrogens is 1. The lowest BCUT2D eigenvalue weighted by atomic mass is 9.86. The zero-order chi connectivity index (χ0) is 20.1. The Hall–Kier alpha value is -2.66. The lowest BCUT2D eigenvalue weighted by Crippen LogP contribution is -2.28. The molecule has 0 spiro atoms. The molecule has 3 aromatic rings. The molecule has 0 aliphatic carbocycles. The first-order chi connectivity index (χ1) is 13.5. The van der Waals surface area contributed by atoms with Gasteiger partial charge in [-0.05, 0) is 42.0 Å². The maximum absolute atomic E-state index is 12.4. The number of fused-ring (bicyclic) bond motifs is 1. The summed E-state index contributed by atoms with van der Waals surface area (Å²) in [5, 5.41) is 11.5. The van der Waals surface area contributed by atoms with Gasteiger partial charge in [0.05, 0.1) is 17.5 Å². The van der Waals surface area contributed by atoms with Crippen LogP contribution in [0.2, 0.25) is 5.02 Å². The monoisotopic (exact) mass is 397 g/mol. The third-order valence-electron chi connectivity index (χ3n) is 4.98. The number of carbonyl (C=O) groups is 1. The molecule has 0 saturated heterocycles. The summed E-state index contributed by atoms with van der Waals surface area (Å²) in [6.07, 6.45) is 0.968. The van der Waals surface area contributed by atoms with Gasteiger partial charge in [-0.15, -0.1) is 0 Å². The summed E-state index contributed by atoms with van der Waals surface area (Å²) in [4.78, 5) is 24.3. The molecule has 2 N–H and O–H groups in total. The third-order valence-corrected chi connectivity index (χ3v) is 5.24. The Kier molecular flexibility index (Phi) is 6.47. The van der Waals surface area contributed by atoms with E-state index in [4.69, 9.17) is 11.6 Å². The van der Waals surface area contributed by atoms with E-state index >= 15 is 0 Å². The molecule has 0 fully saturated rings. The highest BCUT2D eigenvalue weighted by Crippen LogP contribution is 2.28. The second-order valence-corrected chi connectivity index (χ2v) is 7.70. The van der Waals surface area contributed by atoms with Gasteiger partial charge in [-0.1, -0.05) is 55.8 Å². The highest BCUT2D eigenvalue weighted by molar-refractivity contribution is 6.30. The molecule has 0 bridgehead atoms. The first-order valence-electron chi connectivity index (χ1n) is 9.44. The lowest BCUT2D eigenvalue weighted by Gasteiger charge is -2.21. The SMILES string of the molecule is CC(C)[C@@H](CCNC(=O)Cc1n[nH]c(=O)c2ccccc12)c1ccc(Cl)cc1. The Bertz CT molecular complexity index is 1010. The standard InChI is InChI=1S/C22H24ClN3O2/c1-14(2)17(15-7-9-16(23)10-8-15)11-12-24-21(27)13-20-18-5-3-4-6-19(18)22(28)26-25-20/h3-10,14,17H,11-13H2,1-2H3,(H,24,27)(H,26,28)/t17-/m1/s1. The van der Waals surface area contributed by atoms with Gasteiger partial charge in [-0.25, -0.2) is 5.10 Å². The van der Waals surface area contributed by atoms with Crippen molar-refractivity contribution in [3.8, 4) is 0 Å². The van der Waals surface area contributed by atoms with E-state index in [1.165, 1.54) is 5.56 Å². The fraction of sp³-hybridized carbons (Fsp3) is 0.318. The van der Waals surface area contributed by atoms with Crippen molar-refractivity contribution in [2.24, 2.45) is 5.92 Å². The minimum atomic E-state index is -0.248. The van der Waals surface area contributed by atoms with Crippen LogP contribution in [0.4, 0.5) is 0 Å². The molecule has 0 radical (unpaired) electrons. The van der Waals surface area contributed by atoms with Crippen LogP contribution in [0.1, 0.15) is 37.4 Å². The maximum Gasteiger partial charge on any atom is 0.272 e. The first-order valence-corrected chi connectivity index (χ1v) is 9.82. The molecule has 5 nitrogen and oxygen atoms in total. The second-order valence-electron chi connectivity index (χ2n) is 7.26. The van der Waals surface area contributed by atoms with E-state index in [0.717, 1.165) is 11.4 Å². The van der Waals surface area contributed by atoms with E-state index in [2.05, 4.69) is 29.4 Å². The lowest BCUT2D eigenvalue weighted by molar-refractivity contribution is -0.120. The Balaban J connectivity index is 1.62. The minimum absolute atomic E-state index is 0.108. The van der Waals surface area contributed by atoms with Crippen molar-refractivity contribution < 1.29 is 4.79 Å². The Labute approximate surface area is 169 Å². The summed E-state index contributed by atoms with van der Waals surface area (Å²) in [5.41, 5.74) is 1.55. The van der Waals surface area contributed by atoms with Crippen molar-refractivity contribution in [2.75, 3.05) is 6.54 Å². The molecular weight excluding hydrogens is 374 g/mol. The summed E-state index contributed by atoms with van der Waals surface area (Å²) in [6, 6.07) is 15.1. The van der Waals surface area contributed by atoms with E-state index in [-0.39, 0.29) is 17.9 Å². The van der Waals surface area contributed by atoms with Gasteiger partial charge in [0.1, 0.15) is 0 Å². The molecule has 0 aliphatic heterocycles. The Morgan fingerprint density at radius 3 is 2.46 bits per heavy atom. The number of rotatable bonds is 7. The highest BCUT2D eigenvalue weighted by Gasteiger charge is 2.16. The first kappa shape index (κ1) is 20.1. The molecule has 28 heavy (non-hydrogen) atoms. The minimum Gasteiger partial charge on any atom is -0.356 e. The second kappa shape index (κ2) is 9.02. The number of amides is 1. The summed E-state index contributed by atoms with van der Waals surface area (Å²) in [5.74, 6) is 0.677. The number of aromatic amines is 1. The van der Waals surface area contributed by atoms with Crippen molar-refractivity contribution in [3.63, 3.8) is 0 Å². The van der Waals surface area contributed by atoms with Gasteiger partial charge in [0.15, 0.2) is 0 Å². The average Bonchev–Trinajstić information content (AvgIpc) is 2.68. The topological polar surface area (TPSA) is 74.8 Å². The Morgan fingerprint density at radius 1 is 1.11 bits per heavy atom. The van der Waals surface area contributed by atoms with Crippen molar-refractivity contribution in [3.05, 3.63) is 75.2 Å². The fourth-order valence-electron chi connectivity index (χ4n) is 3.48. The van der Waals surface area contributed by atoms with Gasteiger partial charge in [0, 0.05) is 17.0 Å².